The highest BCUT2D eigenvalue weighted by Gasteiger charge is 2.43. The number of carbonyl (C=O) groups excluding carboxylic acids is 1. The first kappa shape index (κ1) is 9.68. The Bertz CT molecular complexity index is 454. The molecule has 0 radical (unpaired) electrons. The Morgan fingerprint density at radius 1 is 1.60 bits per heavy atom. The van der Waals surface area contributed by atoms with Crippen LogP contribution in [0.2, 0.25) is 0 Å². The van der Waals surface area contributed by atoms with Crippen LogP contribution in [0.3, 0.4) is 0 Å². The number of carbonyl (C=O) groups is 1. The summed E-state index contributed by atoms with van der Waals surface area (Å²) < 4.78 is 12.9. The minimum atomic E-state index is -0.452. The van der Waals surface area contributed by atoms with Crippen molar-refractivity contribution in [1.82, 2.24) is 0 Å². The van der Waals surface area contributed by atoms with E-state index in [1.807, 2.05) is 0 Å². The summed E-state index contributed by atoms with van der Waals surface area (Å²) in [6, 6.07) is 6.15. The third-order valence-corrected chi connectivity index (χ3v) is 2.53. The van der Waals surface area contributed by atoms with Crippen molar-refractivity contribution in [2.45, 2.75) is 12.3 Å². The zero-order chi connectivity index (χ0) is 10.8. The van der Waals surface area contributed by atoms with Crippen LogP contribution in [0, 0.1) is 11.7 Å². The molecule has 2 rings (SSSR count). The molecule has 4 nitrogen and oxygen atoms in total. The van der Waals surface area contributed by atoms with Crippen molar-refractivity contribution < 1.29 is 9.18 Å². The van der Waals surface area contributed by atoms with Crippen molar-refractivity contribution in [1.29, 1.82) is 0 Å². The molecule has 0 bridgehead atoms. The lowest BCUT2D eigenvalue weighted by Gasteiger charge is -1.97. The van der Waals surface area contributed by atoms with Crippen molar-refractivity contribution in [3.8, 4) is 0 Å². The average Bonchev–Trinajstić information content (AvgIpc) is 2.97. The van der Waals surface area contributed by atoms with E-state index in [-0.39, 0.29) is 17.7 Å². The van der Waals surface area contributed by atoms with Gasteiger partial charge in [0.1, 0.15) is 5.82 Å². The van der Waals surface area contributed by atoms with E-state index in [0.717, 1.165) is 5.56 Å². The van der Waals surface area contributed by atoms with Gasteiger partial charge in [-0.3, -0.25) is 4.79 Å². The van der Waals surface area contributed by atoms with Crippen LogP contribution in [-0.2, 0) is 4.79 Å². The Morgan fingerprint density at radius 2 is 2.40 bits per heavy atom. The van der Waals surface area contributed by atoms with Crippen LogP contribution in [0.5, 0.6) is 0 Å². The van der Waals surface area contributed by atoms with Gasteiger partial charge in [0.2, 0.25) is 5.91 Å². The predicted molar refractivity (Wildman–Crippen MR) is 51.4 cm³/mol. The highest BCUT2D eigenvalue weighted by molar-refractivity contribution is 5.83. The molecule has 1 saturated carbocycles. The third kappa shape index (κ3) is 1.97. The molecule has 76 valence electrons. The van der Waals surface area contributed by atoms with Crippen LogP contribution in [0.15, 0.2) is 29.4 Å². The molecule has 1 amide bonds. The topological polar surface area (TPSA) is 65.8 Å². The summed E-state index contributed by atoms with van der Waals surface area (Å²) in [5, 5.41) is 3.03. The van der Waals surface area contributed by atoms with Crippen LogP contribution in [-0.4, -0.2) is 5.91 Å². The minimum Gasteiger partial charge on any atom is -0.292 e. The number of rotatable bonds is 2. The number of halogens is 1. The summed E-state index contributed by atoms with van der Waals surface area (Å²) in [6.45, 7) is 0. The van der Waals surface area contributed by atoms with Gasteiger partial charge in [0.15, 0.2) is 0 Å². The molecule has 1 aromatic carbocycles. The fourth-order valence-electron chi connectivity index (χ4n) is 1.69. The fraction of sp³-hybridized carbons (Fsp3) is 0.300. The molecule has 1 aliphatic carbocycles. The monoisotopic (exact) mass is 205 g/mol. The van der Waals surface area contributed by atoms with Crippen LogP contribution in [0.1, 0.15) is 17.9 Å². The molecule has 1 aromatic rings. The van der Waals surface area contributed by atoms with Gasteiger partial charge in [-0.25, -0.2) is 4.39 Å². The molecule has 0 N–H and O–H groups in total. The lowest BCUT2D eigenvalue weighted by Crippen LogP contribution is -1.96. The number of benzene rings is 1. The van der Waals surface area contributed by atoms with E-state index < -0.39 is 5.91 Å². The summed E-state index contributed by atoms with van der Waals surface area (Å²) >= 11 is 0. The highest BCUT2D eigenvalue weighted by Crippen LogP contribution is 2.48. The molecule has 1 fully saturated rings. The Hall–Kier alpha value is -1.87. The summed E-state index contributed by atoms with van der Waals surface area (Å²) in [5.74, 6) is -1.01. The van der Waals surface area contributed by atoms with Crippen LogP contribution in [0.4, 0.5) is 4.39 Å². The van der Waals surface area contributed by atoms with Crippen LogP contribution < -0.4 is 0 Å². The number of azide groups is 1. The second kappa shape index (κ2) is 3.71. The average molecular weight is 205 g/mol. The third-order valence-electron chi connectivity index (χ3n) is 2.53. The first-order valence-corrected chi connectivity index (χ1v) is 4.57. The Labute approximate surface area is 85.3 Å². The van der Waals surface area contributed by atoms with Gasteiger partial charge in [0.25, 0.3) is 0 Å². The van der Waals surface area contributed by atoms with E-state index in [9.17, 15) is 9.18 Å². The molecule has 1 aliphatic rings. The SMILES string of the molecule is [N-]=[N+]=NC(=O)[C@H]1C[C@@H]1c1cccc(F)c1. The van der Waals surface area contributed by atoms with Crippen molar-refractivity contribution in [2.24, 2.45) is 11.0 Å². The predicted octanol–water partition coefficient (Wildman–Crippen LogP) is 2.77. The molecule has 0 saturated heterocycles. The van der Waals surface area contributed by atoms with Gasteiger partial charge in [-0.15, -0.1) is 0 Å². The van der Waals surface area contributed by atoms with Crippen LogP contribution >= 0.6 is 0 Å². The quantitative estimate of drug-likeness (QED) is 0.416. The molecular weight excluding hydrogens is 197 g/mol. The molecule has 15 heavy (non-hydrogen) atoms. The van der Waals surface area contributed by atoms with Crippen molar-refractivity contribution in [3.63, 3.8) is 0 Å². The number of nitrogens with zero attached hydrogens (tertiary/aromatic N) is 3. The smallest absolute Gasteiger partial charge is 0.222 e. The van der Waals surface area contributed by atoms with Crippen molar-refractivity contribution in [2.75, 3.05) is 0 Å². The van der Waals surface area contributed by atoms with Gasteiger partial charge >= 0.3 is 0 Å². The van der Waals surface area contributed by atoms with Gasteiger partial charge in [-0.2, -0.15) is 0 Å². The second-order valence-electron chi connectivity index (χ2n) is 3.53. The van der Waals surface area contributed by atoms with Crippen molar-refractivity contribution >= 4 is 5.91 Å². The number of hydrogen-bond acceptors (Lipinski definition) is 1. The van der Waals surface area contributed by atoms with Crippen LogP contribution in [0.25, 0.3) is 10.4 Å². The summed E-state index contributed by atoms with van der Waals surface area (Å²) in [5.41, 5.74) is 8.88. The number of amides is 1. The Kier molecular flexibility index (Phi) is 2.39. The summed E-state index contributed by atoms with van der Waals surface area (Å²) in [4.78, 5) is 13.6. The van der Waals surface area contributed by atoms with E-state index in [0.29, 0.717) is 6.42 Å². The molecule has 0 unspecified atom stereocenters. The van der Waals surface area contributed by atoms with E-state index in [1.54, 1.807) is 12.1 Å². The maximum Gasteiger partial charge on any atom is 0.222 e. The molecular formula is C10H8FN3O. The lowest BCUT2D eigenvalue weighted by atomic mass is 10.1. The summed E-state index contributed by atoms with van der Waals surface area (Å²) in [7, 11) is 0. The second-order valence-corrected chi connectivity index (χ2v) is 3.53. The van der Waals surface area contributed by atoms with E-state index >= 15 is 0 Å². The zero-order valence-electron chi connectivity index (χ0n) is 7.80. The molecule has 0 aliphatic heterocycles. The maximum absolute atomic E-state index is 12.9. The zero-order valence-corrected chi connectivity index (χ0v) is 7.80. The standard InChI is InChI=1S/C10H8FN3O/c11-7-3-1-2-6(4-7)8-5-9(8)10(15)13-14-12/h1-4,8-9H,5H2/t8-,9+/m1/s1. The number of hydrogen-bond donors (Lipinski definition) is 0. The molecule has 5 heteroatoms. The highest BCUT2D eigenvalue weighted by atomic mass is 19.1. The molecule has 0 heterocycles. The van der Waals surface area contributed by atoms with Gasteiger partial charge in [-0.1, -0.05) is 12.1 Å². The lowest BCUT2D eigenvalue weighted by molar-refractivity contribution is -0.119. The first-order chi connectivity index (χ1) is 7.22. The van der Waals surface area contributed by atoms with E-state index in [4.69, 9.17) is 5.53 Å². The van der Waals surface area contributed by atoms with Gasteiger partial charge < -0.3 is 0 Å². The Balaban J connectivity index is 2.11. The summed E-state index contributed by atoms with van der Waals surface area (Å²) in [6.07, 6.45) is 0.640. The van der Waals surface area contributed by atoms with Gasteiger partial charge in [0, 0.05) is 10.8 Å². The maximum atomic E-state index is 12.9. The van der Waals surface area contributed by atoms with Crippen molar-refractivity contribution in [3.05, 3.63) is 46.1 Å². The normalized spacial score (nSPS) is 23.0. The van der Waals surface area contributed by atoms with E-state index in [2.05, 4.69) is 10.0 Å². The molecule has 2 atom stereocenters. The van der Waals surface area contributed by atoms with Gasteiger partial charge in [0.05, 0.1) is 0 Å². The molecule has 0 aromatic heterocycles. The molecule has 0 spiro atoms. The van der Waals surface area contributed by atoms with Gasteiger partial charge in [-0.05, 0) is 40.7 Å². The first-order valence-electron chi connectivity index (χ1n) is 4.57. The minimum absolute atomic E-state index is 0.0127. The van der Waals surface area contributed by atoms with E-state index in [1.165, 1.54) is 12.1 Å². The Morgan fingerprint density at radius 3 is 3.07 bits per heavy atom. The largest absolute Gasteiger partial charge is 0.292 e. The fourth-order valence-corrected chi connectivity index (χ4v) is 1.69.